The monoisotopic (exact) mass is 399 g/mol. The first-order valence-corrected chi connectivity index (χ1v) is 8.66. The molecule has 2 unspecified atom stereocenters. The second kappa shape index (κ2) is 5.88. The summed E-state index contributed by atoms with van der Waals surface area (Å²) in [5.74, 6) is 0.213. The van der Waals surface area contributed by atoms with Crippen molar-refractivity contribution in [3.63, 3.8) is 0 Å². The number of carbonyl (C=O) groups is 1. The fourth-order valence-electron chi connectivity index (χ4n) is 4.11. The second-order valence-corrected chi connectivity index (χ2v) is 7.53. The van der Waals surface area contributed by atoms with Crippen LogP contribution < -0.4 is 0 Å². The summed E-state index contributed by atoms with van der Waals surface area (Å²) in [6.07, 6.45) is 3.38. The van der Waals surface area contributed by atoms with Crippen LogP contribution in [0.5, 0.6) is 0 Å². The number of esters is 1. The molecule has 114 valence electrons. The lowest BCUT2D eigenvalue weighted by Crippen LogP contribution is -2.49. The van der Waals surface area contributed by atoms with Crippen molar-refractivity contribution < 1.29 is 9.53 Å². The quantitative estimate of drug-likeness (QED) is 0.565. The van der Waals surface area contributed by atoms with E-state index in [4.69, 9.17) is 4.74 Å². The first kappa shape index (κ1) is 15.3. The summed E-state index contributed by atoms with van der Waals surface area (Å²) in [5.41, 5.74) is 2.59. The Labute approximate surface area is 140 Å². The lowest BCUT2D eigenvalue weighted by Gasteiger charge is -2.41. The summed E-state index contributed by atoms with van der Waals surface area (Å²) >= 11 is 2.38. The Morgan fingerprint density at radius 2 is 2.14 bits per heavy atom. The molecule has 21 heavy (non-hydrogen) atoms. The largest absolute Gasteiger partial charge is 0.469 e. The zero-order valence-electron chi connectivity index (χ0n) is 12.8. The molecule has 1 aromatic rings. The first-order chi connectivity index (χ1) is 10.0. The number of fused-ring (bicyclic) bond motifs is 2. The normalized spacial score (nSPS) is 32.2. The molecule has 4 atom stereocenters. The van der Waals surface area contributed by atoms with E-state index in [0.29, 0.717) is 18.0 Å². The highest BCUT2D eigenvalue weighted by atomic mass is 127. The van der Waals surface area contributed by atoms with Gasteiger partial charge in [0.2, 0.25) is 0 Å². The predicted octanol–water partition coefficient (Wildman–Crippen LogP) is 3.34. The average Bonchev–Trinajstić information content (AvgIpc) is 2.72. The molecule has 2 aliphatic rings. The Hall–Kier alpha value is -0.620. The minimum atomic E-state index is -0.0483. The van der Waals surface area contributed by atoms with Crippen molar-refractivity contribution in [3.8, 4) is 0 Å². The average molecular weight is 399 g/mol. The molecule has 3 nitrogen and oxygen atoms in total. The fraction of sp³-hybridized carbons (Fsp3) is 0.588. The highest BCUT2D eigenvalue weighted by Crippen LogP contribution is 2.46. The molecule has 0 aromatic heterocycles. The van der Waals surface area contributed by atoms with Gasteiger partial charge in [-0.05, 0) is 73.0 Å². The van der Waals surface area contributed by atoms with Crippen LogP contribution in [0.4, 0.5) is 0 Å². The van der Waals surface area contributed by atoms with Gasteiger partial charge in [0.15, 0.2) is 0 Å². The van der Waals surface area contributed by atoms with Crippen LogP contribution >= 0.6 is 22.6 Å². The van der Waals surface area contributed by atoms with Gasteiger partial charge < -0.3 is 4.74 Å². The van der Waals surface area contributed by atoms with E-state index in [1.807, 2.05) is 0 Å². The number of rotatable bonds is 2. The van der Waals surface area contributed by atoms with E-state index in [1.54, 1.807) is 0 Å². The van der Waals surface area contributed by atoms with Crippen LogP contribution in [-0.4, -0.2) is 37.1 Å². The van der Waals surface area contributed by atoms with Crippen molar-refractivity contribution in [1.29, 1.82) is 0 Å². The molecule has 2 bridgehead atoms. The smallest absolute Gasteiger partial charge is 0.310 e. The predicted molar refractivity (Wildman–Crippen MR) is 91.3 cm³/mol. The van der Waals surface area contributed by atoms with Crippen molar-refractivity contribution in [2.75, 3.05) is 14.2 Å². The molecular formula is C17H22INO2. The second-order valence-electron chi connectivity index (χ2n) is 6.36. The van der Waals surface area contributed by atoms with E-state index >= 15 is 0 Å². The Morgan fingerprint density at radius 3 is 2.81 bits per heavy atom. The number of hydrogen-bond donors (Lipinski definition) is 0. The topological polar surface area (TPSA) is 29.5 Å². The van der Waals surface area contributed by atoms with Crippen molar-refractivity contribution >= 4 is 28.6 Å². The fourth-order valence-corrected chi connectivity index (χ4v) is 4.65. The molecule has 2 saturated heterocycles. The lowest BCUT2D eigenvalue weighted by molar-refractivity contribution is -0.150. The van der Waals surface area contributed by atoms with E-state index in [9.17, 15) is 4.79 Å². The lowest BCUT2D eigenvalue weighted by atomic mass is 9.76. The number of aryl methyl sites for hydroxylation is 1. The van der Waals surface area contributed by atoms with E-state index < -0.39 is 0 Å². The summed E-state index contributed by atoms with van der Waals surface area (Å²) in [5, 5.41) is 0. The molecule has 2 fully saturated rings. The number of benzene rings is 1. The number of carbonyl (C=O) groups excluding carboxylic acids is 1. The Balaban J connectivity index is 1.98. The van der Waals surface area contributed by atoms with Gasteiger partial charge in [0.25, 0.3) is 0 Å². The van der Waals surface area contributed by atoms with Crippen LogP contribution in [0.25, 0.3) is 0 Å². The van der Waals surface area contributed by atoms with Gasteiger partial charge in [0, 0.05) is 21.6 Å². The van der Waals surface area contributed by atoms with Gasteiger partial charge in [0.05, 0.1) is 13.0 Å². The van der Waals surface area contributed by atoms with Crippen LogP contribution in [0.2, 0.25) is 0 Å². The molecule has 0 spiro atoms. The molecule has 0 amide bonds. The maximum absolute atomic E-state index is 12.4. The van der Waals surface area contributed by atoms with Gasteiger partial charge in [-0.3, -0.25) is 9.69 Å². The third-order valence-electron chi connectivity index (χ3n) is 5.37. The van der Waals surface area contributed by atoms with Crippen molar-refractivity contribution in [1.82, 2.24) is 4.90 Å². The van der Waals surface area contributed by atoms with Crippen LogP contribution in [0.1, 0.15) is 36.3 Å². The number of piperidine rings is 1. The molecule has 2 aliphatic heterocycles. The van der Waals surface area contributed by atoms with Crippen molar-refractivity contribution in [3.05, 3.63) is 32.9 Å². The Bertz CT molecular complexity index is 560. The van der Waals surface area contributed by atoms with E-state index in [2.05, 4.69) is 59.7 Å². The third kappa shape index (κ3) is 2.61. The van der Waals surface area contributed by atoms with Crippen LogP contribution in [0, 0.1) is 16.4 Å². The summed E-state index contributed by atoms with van der Waals surface area (Å²) in [6, 6.07) is 7.57. The standard InChI is InChI=1S/C17H22INO2/c1-10-4-5-11(8-14(10)18)13-9-12-6-7-15(19(12)2)16(13)17(20)21-3/h4-5,8,12-13,15-16H,6-7,9H2,1-3H3/t12-,13-,15?,16?/m1/s1. The van der Waals surface area contributed by atoms with Crippen molar-refractivity contribution in [2.45, 2.75) is 44.2 Å². The highest BCUT2D eigenvalue weighted by Gasteiger charge is 2.49. The molecule has 4 heteroatoms. The van der Waals surface area contributed by atoms with E-state index in [-0.39, 0.29) is 11.9 Å². The van der Waals surface area contributed by atoms with Gasteiger partial charge >= 0.3 is 5.97 Å². The zero-order chi connectivity index (χ0) is 15.1. The van der Waals surface area contributed by atoms with E-state index in [1.165, 1.54) is 28.2 Å². The van der Waals surface area contributed by atoms with E-state index in [0.717, 1.165) is 12.8 Å². The third-order valence-corrected chi connectivity index (χ3v) is 6.53. The Morgan fingerprint density at radius 1 is 1.38 bits per heavy atom. The molecular weight excluding hydrogens is 377 g/mol. The van der Waals surface area contributed by atoms with Crippen molar-refractivity contribution in [2.24, 2.45) is 5.92 Å². The van der Waals surface area contributed by atoms with Crippen LogP contribution in [-0.2, 0) is 9.53 Å². The number of ether oxygens (including phenoxy) is 1. The van der Waals surface area contributed by atoms with Gasteiger partial charge in [-0.1, -0.05) is 12.1 Å². The number of nitrogens with zero attached hydrogens (tertiary/aromatic N) is 1. The highest BCUT2D eigenvalue weighted by molar-refractivity contribution is 14.1. The van der Waals surface area contributed by atoms with Gasteiger partial charge in [-0.25, -0.2) is 0 Å². The SMILES string of the molecule is COC(=O)C1C2CC[C@H](C[C@@H]1c1ccc(C)c(I)c1)N2C. The summed E-state index contributed by atoms with van der Waals surface area (Å²) in [6.45, 7) is 2.13. The number of halogens is 1. The Kier molecular flexibility index (Phi) is 4.28. The molecule has 0 aliphatic carbocycles. The molecule has 0 saturated carbocycles. The van der Waals surface area contributed by atoms with Gasteiger partial charge in [0.1, 0.15) is 0 Å². The minimum Gasteiger partial charge on any atom is -0.469 e. The maximum atomic E-state index is 12.4. The zero-order valence-corrected chi connectivity index (χ0v) is 15.0. The van der Waals surface area contributed by atoms with Gasteiger partial charge in [-0.2, -0.15) is 0 Å². The maximum Gasteiger partial charge on any atom is 0.310 e. The summed E-state index contributed by atoms with van der Waals surface area (Å²) < 4.78 is 6.40. The minimum absolute atomic E-state index is 0.0303. The number of hydrogen-bond acceptors (Lipinski definition) is 3. The van der Waals surface area contributed by atoms with Gasteiger partial charge in [-0.15, -0.1) is 0 Å². The van der Waals surface area contributed by atoms with Crippen LogP contribution in [0.3, 0.4) is 0 Å². The molecule has 1 aromatic carbocycles. The molecule has 2 heterocycles. The van der Waals surface area contributed by atoms with Crippen LogP contribution in [0.15, 0.2) is 18.2 Å². The molecule has 0 N–H and O–H groups in total. The molecule has 0 radical (unpaired) electrons. The number of methoxy groups -OCH3 is 1. The molecule has 3 rings (SSSR count). The summed E-state index contributed by atoms with van der Waals surface area (Å²) in [4.78, 5) is 14.8. The first-order valence-electron chi connectivity index (χ1n) is 7.58. The summed E-state index contributed by atoms with van der Waals surface area (Å²) in [7, 11) is 3.67.